The molecule has 2 saturated heterocycles. The first-order valence-electron chi connectivity index (χ1n) is 5.26. The zero-order valence-electron chi connectivity index (χ0n) is 8.74. The number of ether oxygens (including phenoxy) is 3. The molecule has 0 aliphatic carbocycles. The van der Waals surface area contributed by atoms with Gasteiger partial charge in [-0.25, -0.2) is 0 Å². The van der Waals surface area contributed by atoms with E-state index >= 15 is 0 Å². The molecule has 3 nitrogen and oxygen atoms in total. The van der Waals surface area contributed by atoms with E-state index < -0.39 is 0 Å². The Morgan fingerprint density at radius 2 is 1.43 bits per heavy atom. The second-order valence-corrected chi connectivity index (χ2v) is 3.81. The summed E-state index contributed by atoms with van der Waals surface area (Å²) < 4.78 is 16.5. The first-order chi connectivity index (χ1) is 6.45. The maximum atomic E-state index is 5.55. The second-order valence-electron chi connectivity index (χ2n) is 3.81. The first-order valence-corrected chi connectivity index (χ1v) is 5.26. The fraction of sp³-hybridized carbons (Fsp3) is 1.00. The van der Waals surface area contributed by atoms with Crippen LogP contribution >= 0.6 is 0 Å². The molecule has 2 heterocycles. The van der Waals surface area contributed by atoms with Gasteiger partial charge in [-0.2, -0.15) is 0 Å². The van der Waals surface area contributed by atoms with Crippen LogP contribution in [0, 0.1) is 0 Å². The summed E-state index contributed by atoms with van der Waals surface area (Å²) >= 11 is 0. The van der Waals surface area contributed by atoms with Crippen LogP contribution in [-0.4, -0.2) is 87.5 Å². The summed E-state index contributed by atoms with van der Waals surface area (Å²) in [6.45, 7) is 3.32. The molecule has 0 amide bonds. The van der Waals surface area contributed by atoms with Gasteiger partial charge in [0.15, 0.2) is 0 Å². The van der Waals surface area contributed by atoms with E-state index in [2.05, 4.69) is 0 Å². The molecule has 2 aliphatic heterocycles. The minimum Gasteiger partial charge on any atom is -0.376 e. The number of rotatable bonds is 4. The quantitative estimate of drug-likeness (QED) is 0.722. The Balaban J connectivity index is 0.000000980. The molecule has 0 bridgehead atoms. The van der Waals surface area contributed by atoms with Crippen molar-refractivity contribution in [2.24, 2.45) is 0 Å². The van der Waals surface area contributed by atoms with Crippen LogP contribution in [0.4, 0.5) is 0 Å². The molecule has 2 radical (unpaired) electrons. The van der Waals surface area contributed by atoms with E-state index in [-0.39, 0.29) is 48.9 Å². The SMILES string of the molecule is C1COC(COCC2CCCO2)C1.[Ba]. The average Bonchev–Trinajstić information content (AvgIpc) is 2.75. The van der Waals surface area contributed by atoms with Crippen LogP contribution < -0.4 is 0 Å². The van der Waals surface area contributed by atoms with Crippen molar-refractivity contribution >= 4 is 48.9 Å². The van der Waals surface area contributed by atoms with Gasteiger partial charge in [0.2, 0.25) is 0 Å². The molecule has 0 aromatic rings. The van der Waals surface area contributed by atoms with E-state index in [4.69, 9.17) is 14.2 Å². The van der Waals surface area contributed by atoms with Gasteiger partial charge in [-0.05, 0) is 25.7 Å². The maximum Gasteiger partial charge on any atom is 0.0809 e. The fourth-order valence-electron chi connectivity index (χ4n) is 1.88. The van der Waals surface area contributed by atoms with E-state index in [1.54, 1.807) is 0 Å². The Labute approximate surface area is 126 Å². The summed E-state index contributed by atoms with van der Waals surface area (Å²) in [5.74, 6) is 0. The first kappa shape index (κ1) is 13.5. The molecule has 0 aromatic carbocycles. The monoisotopic (exact) mass is 324 g/mol. The van der Waals surface area contributed by atoms with Crippen LogP contribution in [0.3, 0.4) is 0 Å². The van der Waals surface area contributed by atoms with Gasteiger partial charge in [0.05, 0.1) is 25.4 Å². The number of hydrogen-bond acceptors (Lipinski definition) is 3. The Bertz CT molecular complexity index is 126. The van der Waals surface area contributed by atoms with Crippen molar-refractivity contribution in [1.29, 1.82) is 0 Å². The largest absolute Gasteiger partial charge is 0.376 e. The maximum absolute atomic E-state index is 5.55. The van der Waals surface area contributed by atoms with Crippen LogP contribution in [-0.2, 0) is 14.2 Å². The van der Waals surface area contributed by atoms with Gasteiger partial charge >= 0.3 is 0 Å². The smallest absolute Gasteiger partial charge is 0.0809 e. The molecule has 0 aromatic heterocycles. The summed E-state index contributed by atoms with van der Waals surface area (Å²) in [5.41, 5.74) is 0. The predicted octanol–water partition coefficient (Wildman–Crippen LogP) is 0.980. The van der Waals surface area contributed by atoms with Gasteiger partial charge in [-0.1, -0.05) is 0 Å². The summed E-state index contributed by atoms with van der Waals surface area (Å²) in [5, 5.41) is 0. The van der Waals surface area contributed by atoms with Gasteiger partial charge < -0.3 is 14.2 Å². The van der Waals surface area contributed by atoms with Crippen molar-refractivity contribution < 1.29 is 14.2 Å². The molecule has 0 N–H and O–H groups in total. The molecule has 78 valence electrons. The molecule has 4 heteroatoms. The van der Waals surface area contributed by atoms with Gasteiger partial charge in [0.25, 0.3) is 0 Å². The third-order valence-corrected chi connectivity index (χ3v) is 2.66. The third kappa shape index (κ3) is 4.53. The van der Waals surface area contributed by atoms with Gasteiger partial charge in [-0.15, -0.1) is 0 Å². The van der Waals surface area contributed by atoms with Crippen LogP contribution in [0.25, 0.3) is 0 Å². The molecule has 2 unspecified atom stereocenters. The predicted molar refractivity (Wildman–Crippen MR) is 54.5 cm³/mol. The molecule has 0 saturated carbocycles. The van der Waals surface area contributed by atoms with Crippen molar-refractivity contribution in [3.8, 4) is 0 Å². The molecular weight excluding hydrogens is 305 g/mol. The van der Waals surface area contributed by atoms with Gasteiger partial charge in [0.1, 0.15) is 0 Å². The van der Waals surface area contributed by atoms with Crippen molar-refractivity contribution in [3.63, 3.8) is 0 Å². The van der Waals surface area contributed by atoms with Crippen molar-refractivity contribution in [3.05, 3.63) is 0 Å². The molecule has 14 heavy (non-hydrogen) atoms. The summed E-state index contributed by atoms with van der Waals surface area (Å²) in [7, 11) is 0. The average molecular weight is 324 g/mol. The van der Waals surface area contributed by atoms with Crippen LogP contribution in [0.2, 0.25) is 0 Å². The fourth-order valence-corrected chi connectivity index (χ4v) is 1.88. The molecule has 2 atom stereocenters. The van der Waals surface area contributed by atoms with Crippen molar-refractivity contribution in [2.75, 3.05) is 26.4 Å². The van der Waals surface area contributed by atoms with E-state index in [9.17, 15) is 0 Å². The van der Waals surface area contributed by atoms with Crippen molar-refractivity contribution in [2.45, 2.75) is 37.9 Å². The minimum atomic E-state index is 0. The molecular formula is C10H18BaO3. The Kier molecular flexibility index (Phi) is 7.42. The minimum absolute atomic E-state index is 0. The Morgan fingerprint density at radius 3 is 1.79 bits per heavy atom. The standard InChI is InChI=1S/C10H18O3.Ba/c1-3-9(12-5-1)7-11-8-10-4-2-6-13-10;/h9-10H,1-8H2;. The van der Waals surface area contributed by atoms with E-state index in [0.29, 0.717) is 12.2 Å². The third-order valence-electron chi connectivity index (χ3n) is 2.66. The van der Waals surface area contributed by atoms with Crippen LogP contribution in [0.1, 0.15) is 25.7 Å². The zero-order chi connectivity index (χ0) is 8.93. The number of hydrogen-bond donors (Lipinski definition) is 0. The van der Waals surface area contributed by atoms with Gasteiger partial charge in [-0.3, -0.25) is 0 Å². The van der Waals surface area contributed by atoms with E-state index in [1.807, 2.05) is 0 Å². The molecule has 2 fully saturated rings. The van der Waals surface area contributed by atoms with E-state index in [0.717, 1.165) is 39.3 Å². The summed E-state index contributed by atoms with van der Waals surface area (Å²) in [4.78, 5) is 0. The Hall–Kier alpha value is 1.45. The molecule has 2 aliphatic rings. The Morgan fingerprint density at radius 1 is 0.929 bits per heavy atom. The summed E-state index contributed by atoms with van der Waals surface area (Å²) in [6.07, 6.45) is 5.39. The second kappa shape index (κ2) is 7.68. The summed E-state index contributed by atoms with van der Waals surface area (Å²) in [6, 6.07) is 0. The van der Waals surface area contributed by atoms with Crippen LogP contribution in [0.15, 0.2) is 0 Å². The van der Waals surface area contributed by atoms with Gasteiger partial charge in [0, 0.05) is 62.1 Å². The van der Waals surface area contributed by atoms with Crippen LogP contribution in [0.5, 0.6) is 0 Å². The van der Waals surface area contributed by atoms with E-state index in [1.165, 1.54) is 12.8 Å². The zero-order valence-corrected chi connectivity index (χ0v) is 13.2. The molecule has 2 rings (SSSR count). The van der Waals surface area contributed by atoms with Crippen molar-refractivity contribution in [1.82, 2.24) is 0 Å². The normalized spacial score (nSPS) is 31.7. The topological polar surface area (TPSA) is 27.7 Å². The molecule has 0 spiro atoms.